The van der Waals surface area contributed by atoms with Crippen LogP contribution in [0.4, 0.5) is 0 Å². The highest BCUT2D eigenvalue weighted by molar-refractivity contribution is 6.30. The Morgan fingerprint density at radius 2 is 2.24 bits per heavy atom. The summed E-state index contributed by atoms with van der Waals surface area (Å²) in [6.07, 6.45) is 0. The van der Waals surface area contributed by atoms with Crippen LogP contribution >= 0.6 is 11.6 Å². The Morgan fingerprint density at radius 3 is 2.95 bits per heavy atom. The first kappa shape index (κ1) is 16.1. The van der Waals surface area contributed by atoms with Crippen LogP contribution in [0.1, 0.15) is 25.0 Å². The second-order valence-corrected chi connectivity index (χ2v) is 5.36. The summed E-state index contributed by atoms with van der Waals surface area (Å²) in [4.78, 5) is 13.8. The molecule has 2 rings (SSSR count). The largest absolute Gasteiger partial charge is 0.467 e. The second kappa shape index (κ2) is 7.64. The molecule has 1 aromatic rings. The van der Waals surface area contributed by atoms with Gasteiger partial charge < -0.3 is 14.8 Å². The van der Waals surface area contributed by atoms with Crippen LogP contribution < -0.4 is 10.1 Å². The molecule has 1 heterocycles. The smallest absolute Gasteiger partial charge is 0.234 e. The number of hydrogen-bond donors (Lipinski definition) is 1. The molecule has 0 atom stereocenters. The monoisotopic (exact) mass is 312 g/mol. The van der Waals surface area contributed by atoms with E-state index in [1.54, 1.807) is 0 Å². The number of nitrogens with zero attached hydrogens (tertiary/aromatic N) is 1. The lowest BCUT2D eigenvalue weighted by Gasteiger charge is -2.25. The fourth-order valence-corrected chi connectivity index (χ4v) is 2.61. The van der Waals surface area contributed by atoms with Crippen molar-refractivity contribution < 1.29 is 14.3 Å². The number of nitrogens with one attached hydrogen (secondary N) is 1. The fourth-order valence-electron chi connectivity index (χ4n) is 2.35. The molecule has 5 nitrogen and oxygen atoms in total. The van der Waals surface area contributed by atoms with Crippen molar-refractivity contribution in [3.63, 3.8) is 0 Å². The van der Waals surface area contributed by atoms with Crippen molar-refractivity contribution in [3.8, 4) is 5.75 Å². The summed E-state index contributed by atoms with van der Waals surface area (Å²) in [6, 6.07) is 3.76. The van der Waals surface area contributed by atoms with Gasteiger partial charge in [-0.1, -0.05) is 18.5 Å². The average molecular weight is 313 g/mol. The molecule has 0 saturated carbocycles. The molecule has 1 aliphatic heterocycles. The Hall–Kier alpha value is -1.30. The highest BCUT2D eigenvalue weighted by Crippen LogP contribution is 2.32. The highest BCUT2D eigenvalue weighted by atomic mass is 35.5. The van der Waals surface area contributed by atoms with Crippen molar-refractivity contribution in [3.05, 3.63) is 28.3 Å². The third-order valence-electron chi connectivity index (χ3n) is 3.33. The Balaban J connectivity index is 2.13. The zero-order chi connectivity index (χ0) is 15.2. The summed E-state index contributed by atoms with van der Waals surface area (Å²) < 4.78 is 10.9. The van der Waals surface area contributed by atoms with Gasteiger partial charge >= 0.3 is 0 Å². The molecular formula is C15H21ClN2O3. The SMILES string of the molecule is CCNC(=O)CN(CC)Cc1cc(Cl)cc2c1OCOC2. The molecule has 0 aromatic heterocycles. The third-order valence-corrected chi connectivity index (χ3v) is 3.55. The maximum Gasteiger partial charge on any atom is 0.234 e. The number of hydrogen-bond acceptors (Lipinski definition) is 4. The van der Waals surface area contributed by atoms with Crippen molar-refractivity contribution in [2.24, 2.45) is 0 Å². The summed E-state index contributed by atoms with van der Waals surface area (Å²) in [6.45, 7) is 7.10. The Kier molecular flexibility index (Phi) is 5.85. The number of carbonyl (C=O) groups is 1. The van der Waals surface area contributed by atoms with E-state index in [-0.39, 0.29) is 12.7 Å². The molecule has 1 aromatic carbocycles. The van der Waals surface area contributed by atoms with E-state index in [1.165, 1.54) is 0 Å². The Morgan fingerprint density at radius 1 is 1.43 bits per heavy atom. The number of amides is 1. The molecule has 21 heavy (non-hydrogen) atoms. The molecule has 0 unspecified atom stereocenters. The van der Waals surface area contributed by atoms with Crippen LogP contribution in [0.25, 0.3) is 0 Å². The van der Waals surface area contributed by atoms with Crippen LogP contribution in [0.2, 0.25) is 5.02 Å². The molecule has 1 N–H and O–H groups in total. The van der Waals surface area contributed by atoms with E-state index in [0.29, 0.717) is 31.3 Å². The lowest BCUT2D eigenvalue weighted by molar-refractivity contribution is -0.122. The van der Waals surface area contributed by atoms with Crippen molar-refractivity contribution in [1.82, 2.24) is 10.2 Å². The molecule has 1 amide bonds. The van der Waals surface area contributed by atoms with Crippen LogP contribution in [0.3, 0.4) is 0 Å². The van der Waals surface area contributed by atoms with E-state index >= 15 is 0 Å². The Bertz CT molecular complexity index is 508. The standard InChI is InChI=1S/C15H21ClN2O3/c1-3-17-14(19)8-18(4-2)7-11-5-13(16)6-12-9-20-10-21-15(11)12/h5-6H,3-4,7-10H2,1-2H3,(H,17,19). The van der Waals surface area contributed by atoms with Gasteiger partial charge in [0.15, 0.2) is 6.79 Å². The Labute approximate surface area is 130 Å². The van der Waals surface area contributed by atoms with Crippen LogP contribution in [0.5, 0.6) is 5.75 Å². The zero-order valence-corrected chi connectivity index (χ0v) is 13.2. The zero-order valence-electron chi connectivity index (χ0n) is 12.4. The van der Waals surface area contributed by atoms with Gasteiger partial charge in [0.2, 0.25) is 5.91 Å². The summed E-state index contributed by atoms with van der Waals surface area (Å²) in [5.74, 6) is 0.861. The number of benzene rings is 1. The van der Waals surface area contributed by atoms with Crippen molar-refractivity contribution >= 4 is 17.5 Å². The summed E-state index contributed by atoms with van der Waals surface area (Å²) in [5, 5.41) is 3.47. The van der Waals surface area contributed by atoms with Gasteiger partial charge in [-0.25, -0.2) is 0 Å². The predicted octanol–water partition coefficient (Wildman–Crippen LogP) is 2.16. The first-order chi connectivity index (χ1) is 10.1. The molecule has 0 saturated heterocycles. The van der Waals surface area contributed by atoms with Gasteiger partial charge in [0.05, 0.1) is 13.2 Å². The quantitative estimate of drug-likeness (QED) is 0.874. The van der Waals surface area contributed by atoms with Crippen molar-refractivity contribution in [2.45, 2.75) is 27.0 Å². The molecule has 116 valence electrons. The topological polar surface area (TPSA) is 50.8 Å². The summed E-state index contributed by atoms with van der Waals surface area (Å²) in [5.41, 5.74) is 1.95. The molecule has 0 radical (unpaired) electrons. The van der Waals surface area contributed by atoms with Crippen molar-refractivity contribution in [2.75, 3.05) is 26.4 Å². The van der Waals surface area contributed by atoms with Gasteiger partial charge in [-0.2, -0.15) is 0 Å². The minimum absolute atomic E-state index is 0.0273. The highest BCUT2D eigenvalue weighted by Gasteiger charge is 2.18. The predicted molar refractivity (Wildman–Crippen MR) is 81.4 cm³/mol. The van der Waals surface area contributed by atoms with E-state index in [0.717, 1.165) is 23.4 Å². The van der Waals surface area contributed by atoms with Crippen LogP contribution in [-0.2, 0) is 22.7 Å². The normalized spacial score (nSPS) is 13.7. The van der Waals surface area contributed by atoms with Gasteiger partial charge in [0.25, 0.3) is 0 Å². The number of rotatable bonds is 6. The molecular weight excluding hydrogens is 292 g/mol. The molecule has 6 heteroatoms. The minimum Gasteiger partial charge on any atom is -0.467 e. The number of likely N-dealkylation sites (N-methyl/N-ethyl adjacent to an activating group) is 2. The lowest BCUT2D eigenvalue weighted by atomic mass is 10.1. The van der Waals surface area contributed by atoms with Gasteiger partial charge in [0.1, 0.15) is 5.75 Å². The third kappa shape index (κ3) is 4.33. The van der Waals surface area contributed by atoms with E-state index in [4.69, 9.17) is 21.1 Å². The van der Waals surface area contributed by atoms with Gasteiger partial charge in [-0.15, -0.1) is 0 Å². The maximum absolute atomic E-state index is 11.7. The van der Waals surface area contributed by atoms with E-state index < -0.39 is 0 Å². The lowest BCUT2D eigenvalue weighted by Crippen LogP contribution is -2.36. The summed E-state index contributed by atoms with van der Waals surface area (Å²) >= 11 is 6.16. The average Bonchev–Trinajstić information content (AvgIpc) is 2.46. The minimum atomic E-state index is 0.0273. The molecule has 0 fully saturated rings. The van der Waals surface area contributed by atoms with Gasteiger partial charge in [-0.3, -0.25) is 9.69 Å². The molecule has 0 bridgehead atoms. The molecule has 0 spiro atoms. The van der Waals surface area contributed by atoms with Gasteiger partial charge in [-0.05, 0) is 25.6 Å². The van der Waals surface area contributed by atoms with Crippen LogP contribution in [0.15, 0.2) is 12.1 Å². The second-order valence-electron chi connectivity index (χ2n) is 4.92. The number of ether oxygens (including phenoxy) is 2. The molecule has 0 aliphatic carbocycles. The van der Waals surface area contributed by atoms with E-state index in [1.807, 2.05) is 26.0 Å². The first-order valence-corrected chi connectivity index (χ1v) is 7.52. The van der Waals surface area contributed by atoms with E-state index in [9.17, 15) is 4.79 Å². The fraction of sp³-hybridized carbons (Fsp3) is 0.533. The first-order valence-electron chi connectivity index (χ1n) is 7.15. The number of halogens is 1. The molecule has 1 aliphatic rings. The number of carbonyl (C=O) groups excluding carboxylic acids is 1. The summed E-state index contributed by atoms with van der Waals surface area (Å²) in [7, 11) is 0. The maximum atomic E-state index is 11.7. The van der Waals surface area contributed by atoms with Crippen LogP contribution in [0, 0.1) is 0 Å². The van der Waals surface area contributed by atoms with Gasteiger partial charge in [0, 0.05) is 29.2 Å². The van der Waals surface area contributed by atoms with Crippen LogP contribution in [-0.4, -0.2) is 37.2 Å². The number of fused-ring (bicyclic) bond motifs is 1. The van der Waals surface area contributed by atoms with E-state index in [2.05, 4.69) is 10.2 Å². The van der Waals surface area contributed by atoms with Crippen molar-refractivity contribution in [1.29, 1.82) is 0 Å².